The van der Waals surface area contributed by atoms with Gasteiger partial charge in [-0.2, -0.15) is 11.8 Å². The molecule has 0 atom stereocenters. The van der Waals surface area contributed by atoms with E-state index in [0.29, 0.717) is 0 Å². The van der Waals surface area contributed by atoms with Crippen LogP contribution in [0.2, 0.25) is 0 Å². The molecular weight excluding hydrogens is 282 g/mol. The van der Waals surface area contributed by atoms with E-state index in [1.807, 2.05) is 0 Å². The van der Waals surface area contributed by atoms with Crippen LogP contribution in [-0.2, 0) is 6.54 Å². The average Bonchev–Trinajstić information content (AvgIpc) is 3.09. The van der Waals surface area contributed by atoms with Crippen molar-refractivity contribution in [1.29, 1.82) is 0 Å². The van der Waals surface area contributed by atoms with Crippen molar-refractivity contribution in [3.05, 3.63) is 34.3 Å². The minimum Gasteiger partial charge on any atom is -0.312 e. The minimum atomic E-state index is 0.964. The highest BCUT2D eigenvalue weighted by atomic mass is 79.9. The van der Waals surface area contributed by atoms with E-state index in [0.717, 1.165) is 19.0 Å². The van der Waals surface area contributed by atoms with Crippen molar-refractivity contribution in [2.45, 2.75) is 19.4 Å². The second-order valence-electron chi connectivity index (χ2n) is 4.29. The molecule has 88 valence electrons. The van der Waals surface area contributed by atoms with E-state index in [2.05, 4.69) is 57.3 Å². The third kappa shape index (κ3) is 4.48. The van der Waals surface area contributed by atoms with Gasteiger partial charge < -0.3 is 5.32 Å². The molecule has 1 aromatic rings. The summed E-state index contributed by atoms with van der Waals surface area (Å²) in [5.74, 6) is 3.66. The van der Waals surface area contributed by atoms with E-state index in [9.17, 15) is 0 Å². The Hall–Kier alpha value is 0.01000. The molecule has 0 heterocycles. The van der Waals surface area contributed by atoms with Crippen LogP contribution in [0.1, 0.15) is 18.4 Å². The van der Waals surface area contributed by atoms with Crippen LogP contribution in [0.4, 0.5) is 0 Å². The third-order valence-electron chi connectivity index (χ3n) is 2.75. The Balaban J connectivity index is 1.55. The Morgan fingerprint density at radius 3 is 2.88 bits per heavy atom. The van der Waals surface area contributed by atoms with Gasteiger partial charge in [0.1, 0.15) is 0 Å². The lowest BCUT2D eigenvalue weighted by Crippen LogP contribution is -2.17. The molecule has 16 heavy (non-hydrogen) atoms. The predicted molar refractivity (Wildman–Crippen MR) is 75.9 cm³/mol. The molecule has 1 saturated carbocycles. The average molecular weight is 300 g/mol. The van der Waals surface area contributed by atoms with Crippen molar-refractivity contribution >= 4 is 27.7 Å². The lowest BCUT2D eigenvalue weighted by atomic mass is 10.2. The largest absolute Gasteiger partial charge is 0.312 e. The van der Waals surface area contributed by atoms with Gasteiger partial charge in [-0.15, -0.1) is 0 Å². The summed E-state index contributed by atoms with van der Waals surface area (Å²) in [7, 11) is 0. The number of thioether (sulfide) groups is 1. The summed E-state index contributed by atoms with van der Waals surface area (Å²) in [6.45, 7) is 2.07. The van der Waals surface area contributed by atoms with Crippen LogP contribution >= 0.6 is 27.7 Å². The van der Waals surface area contributed by atoms with E-state index in [-0.39, 0.29) is 0 Å². The van der Waals surface area contributed by atoms with Crippen LogP contribution in [0.15, 0.2) is 28.7 Å². The van der Waals surface area contributed by atoms with Crippen molar-refractivity contribution in [3.63, 3.8) is 0 Å². The fraction of sp³-hybridized carbons (Fsp3) is 0.538. The van der Waals surface area contributed by atoms with Crippen molar-refractivity contribution < 1.29 is 0 Å². The summed E-state index contributed by atoms with van der Waals surface area (Å²) in [5, 5.41) is 3.49. The van der Waals surface area contributed by atoms with Gasteiger partial charge in [0.2, 0.25) is 0 Å². The molecule has 1 fully saturated rings. The molecule has 0 amide bonds. The Morgan fingerprint density at radius 2 is 2.12 bits per heavy atom. The molecule has 0 aromatic heterocycles. The first-order valence-corrected chi connectivity index (χ1v) is 7.83. The maximum Gasteiger partial charge on any atom is 0.0220 e. The van der Waals surface area contributed by atoms with Crippen LogP contribution in [0.25, 0.3) is 0 Å². The first-order chi connectivity index (χ1) is 7.86. The molecule has 0 radical (unpaired) electrons. The molecule has 0 aliphatic heterocycles. The van der Waals surface area contributed by atoms with Crippen LogP contribution < -0.4 is 5.32 Å². The Bertz CT molecular complexity index is 325. The number of hydrogen-bond donors (Lipinski definition) is 1. The third-order valence-corrected chi connectivity index (χ3v) is 4.72. The standard InChI is InChI=1S/C13H18BrNS/c14-13-4-2-1-3-12(13)9-15-7-8-16-10-11-5-6-11/h1-4,11,15H,5-10H2. The molecule has 3 heteroatoms. The SMILES string of the molecule is Brc1ccccc1CNCCSCC1CC1. The van der Waals surface area contributed by atoms with Gasteiger partial charge in [-0.1, -0.05) is 34.1 Å². The lowest BCUT2D eigenvalue weighted by molar-refractivity contribution is 0.729. The normalized spacial score (nSPS) is 15.3. The Kier molecular flexibility index (Phi) is 5.20. The quantitative estimate of drug-likeness (QED) is 0.771. The van der Waals surface area contributed by atoms with Gasteiger partial charge in [-0.25, -0.2) is 0 Å². The maximum atomic E-state index is 3.56. The van der Waals surface area contributed by atoms with Gasteiger partial charge in [0.15, 0.2) is 0 Å². The van der Waals surface area contributed by atoms with E-state index in [4.69, 9.17) is 0 Å². The Labute approximate surface area is 111 Å². The Morgan fingerprint density at radius 1 is 1.31 bits per heavy atom. The van der Waals surface area contributed by atoms with Crippen molar-refractivity contribution in [2.24, 2.45) is 5.92 Å². The topological polar surface area (TPSA) is 12.0 Å². The smallest absolute Gasteiger partial charge is 0.0220 e. The summed E-state index contributed by atoms with van der Waals surface area (Å²) in [4.78, 5) is 0. The van der Waals surface area contributed by atoms with Gasteiger partial charge >= 0.3 is 0 Å². The summed E-state index contributed by atoms with van der Waals surface area (Å²) in [6.07, 6.45) is 2.94. The fourth-order valence-electron chi connectivity index (χ4n) is 1.54. The number of halogens is 1. The summed E-state index contributed by atoms with van der Waals surface area (Å²) in [6, 6.07) is 8.40. The number of nitrogens with one attached hydrogen (secondary N) is 1. The molecule has 0 spiro atoms. The van der Waals surface area contributed by atoms with E-state index in [1.165, 1.54) is 34.4 Å². The molecule has 1 aliphatic carbocycles. The zero-order valence-corrected chi connectivity index (χ0v) is 11.8. The van der Waals surface area contributed by atoms with E-state index >= 15 is 0 Å². The summed E-state index contributed by atoms with van der Waals surface area (Å²) in [5.41, 5.74) is 1.34. The molecule has 2 rings (SSSR count). The van der Waals surface area contributed by atoms with E-state index in [1.54, 1.807) is 0 Å². The summed E-state index contributed by atoms with van der Waals surface area (Å²) >= 11 is 5.65. The maximum absolute atomic E-state index is 3.56. The fourth-order valence-corrected chi connectivity index (χ4v) is 3.09. The second-order valence-corrected chi connectivity index (χ2v) is 6.29. The predicted octanol–water partition coefficient (Wildman–Crippen LogP) is 3.68. The molecule has 1 aromatic carbocycles. The van der Waals surface area contributed by atoms with E-state index < -0.39 is 0 Å². The second kappa shape index (κ2) is 6.67. The van der Waals surface area contributed by atoms with Crippen molar-refractivity contribution in [1.82, 2.24) is 5.32 Å². The zero-order valence-electron chi connectivity index (χ0n) is 9.42. The van der Waals surface area contributed by atoms with Crippen LogP contribution in [0.3, 0.4) is 0 Å². The van der Waals surface area contributed by atoms with Crippen molar-refractivity contribution in [2.75, 3.05) is 18.1 Å². The van der Waals surface area contributed by atoms with Gasteiger partial charge in [0.05, 0.1) is 0 Å². The summed E-state index contributed by atoms with van der Waals surface area (Å²) < 4.78 is 1.20. The number of hydrogen-bond acceptors (Lipinski definition) is 2. The first kappa shape index (κ1) is 12.5. The van der Waals surface area contributed by atoms with Crippen LogP contribution in [0, 0.1) is 5.92 Å². The lowest BCUT2D eigenvalue weighted by Gasteiger charge is -2.06. The molecule has 1 N–H and O–H groups in total. The molecule has 0 unspecified atom stereocenters. The highest BCUT2D eigenvalue weighted by Crippen LogP contribution is 2.32. The molecule has 0 bridgehead atoms. The van der Waals surface area contributed by atoms with Gasteiger partial charge in [0.25, 0.3) is 0 Å². The number of rotatable bonds is 7. The van der Waals surface area contributed by atoms with Gasteiger partial charge in [0, 0.05) is 23.3 Å². The molecular formula is C13H18BrNS. The molecule has 0 saturated heterocycles. The minimum absolute atomic E-state index is 0.964. The zero-order chi connectivity index (χ0) is 11.2. The monoisotopic (exact) mass is 299 g/mol. The van der Waals surface area contributed by atoms with Gasteiger partial charge in [-0.05, 0) is 36.1 Å². The van der Waals surface area contributed by atoms with Crippen LogP contribution in [0.5, 0.6) is 0 Å². The number of benzene rings is 1. The van der Waals surface area contributed by atoms with Crippen molar-refractivity contribution in [3.8, 4) is 0 Å². The molecule has 1 aliphatic rings. The molecule has 1 nitrogen and oxygen atoms in total. The highest BCUT2D eigenvalue weighted by molar-refractivity contribution is 9.10. The first-order valence-electron chi connectivity index (χ1n) is 5.88. The van der Waals surface area contributed by atoms with Gasteiger partial charge in [-0.3, -0.25) is 0 Å². The van der Waals surface area contributed by atoms with Crippen LogP contribution in [-0.4, -0.2) is 18.1 Å². The highest BCUT2D eigenvalue weighted by Gasteiger charge is 2.20.